The van der Waals surface area contributed by atoms with E-state index in [2.05, 4.69) is 10.6 Å². The standard InChI is InChI=1S/C7H12N2O2.ClH/c10-5-1-7(3-8-4-7)6(11)9-2-5;/h5,8,10H,1-4H2,(H,9,11);1H. The zero-order chi connectivity index (χ0) is 7.90. The first-order valence-electron chi connectivity index (χ1n) is 3.90. The molecule has 4 nitrogen and oxygen atoms in total. The zero-order valence-electron chi connectivity index (χ0n) is 6.67. The van der Waals surface area contributed by atoms with E-state index >= 15 is 0 Å². The van der Waals surface area contributed by atoms with Crippen LogP contribution in [-0.2, 0) is 4.79 Å². The number of carbonyl (C=O) groups is 1. The van der Waals surface area contributed by atoms with Crippen LogP contribution in [-0.4, -0.2) is 36.8 Å². The Morgan fingerprint density at radius 2 is 2.17 bits per heavy atom. The number of aliphatic hydroxyl groups is 1. The number of halogens is 1. The molecule has 0 radical (unpaired) electrons. The van der Waals surface area contributed by atoms with Crippen LogP contribution in [0, 0.1) is 5.41 Å². The summed E-state index contributed by atoms with van der Waals surface area (Å²) in [6, 6.07) is 0. The minimum atomic E-state index is -0.352. The Kier molecular flexibility index (Phi) is 2.61. The Hall–Kier alpha value is -0.320. The highest BCUT2D eigenvalue weighted by atomic mass is 35.5. The highest BCUT2D eigenvalue weighted by Crippen LogP contribution is 2.31. The average Bonchev–Trinajstić information content (AvgIpc) is 1.91. The van der Waals surface area contributed by atoms with Gasteiger partial charge in [-0.2, -0.15) is 0 Å². The Labute approximate surface area is 77.1 Å². The molecule has 2 heterocycles. The Bertz CT molecular complexity index is 194. The van der Waals surface area contributed by atoms with Gasteiger partial charge in [-0.15, -0.1) is 12.4 Å². The number of β-amino-alcohol motifs (C(OH)–C–C–N with tert-alkyl or cyclic N) is 1. The van der Waals surface area contributed by atoms with E-state index in [-0.39, 0.29) is 29.8 Å². The fraction of sp³-hybridized carbons (Fsp3) is 0.857. The van der Waals surface area contributed by atoms with E-state index in [4.69, 9.17) is 0 Å². The van der Waals surface area contributed by atoms with Crippen molar-refractivity contribution in [2.24, 2.45) is 5.41 Å². The average molecular weight is 193 g/mol. The maximum absolute atomic E-state index is 11.3. The summed E-state index contributed by atoms with van der Waals surface area (Å²) in [6.45, 7) is 1.85. The molecule has 0 aliphatic carbocycles. The molecule has 70 valence electrons. The molecule has 5 heteroatoms. The van der Waals surface area contributed by atoms with E-state index in [0.717, 1.165) is 13.1 Å². The first-order valence-corrected chi connectivity index (χ1v) is 3.90. The summed E-state index contributed by atoms with van der Waals surface area (Å²) >= 11 is 0. The second kappa shape index (κ2) is 3.20. The molecule has 1 unspecified atom stereocenters. The SMILES string of the molecule is Cl.O=C1NCC(O)CC12CNC2. The van der Waals surface area contributed by atoms with Crippen molar-refractivity contribution in [3.63, 3.8) is 0 Å². The smallest absolute Gasteiger partial charge is 0.228 e. The van der Waals surface area contributed by atoms with Crippen molar-refractivity contribution in [1.29, 1.82) is 0 Å². The molecule has 0 aromatic carbocycles. The molecule has 3 N–H and O–H groups in total. The molecule has 2 rings (SSSR count). The number of nitrogens with one attached hydrogen (secondary N) is 2. The fourth-order valence-corrected chi connectivity index (χ4v) is 1.75. The lowest BCUT2D eigenvalue weighted by molar-refractivity contribution is -0.140. The van der Waals surface area contributed by atoms with Gasteiger partial charge in [-0.1, -0.05) is 0 Å². The van der Waals surface area contributed by atoms with Crippen molar-refractivity contribution in [3.05, 3.63) is 0 Å². The van der Waals surface area contributed by atoms with Gasteiger partial charge >= 0.3 is 0 Å². The van der Waals surface area contributed by atoms with E-state index in [1.807, 2.05) is 0 Å². The quantitative estimate of drug-likeness (QED) is 0.456. The molecule has 12 heavy (non-hydrogen) atoms. The van der Waals surface area contributed by atoms with Gasteiger partial charge in [-0.25, -0.2) is 0 Å². The first-order chi connectivity index (χ1) is 5.23. The normalized spacial score (nSPS) is 31.8. The maximum Gasteiger partial charge on any atom is 0.228 e. The third kappa shape index (κ3) is 1.30. The van der Waals surface area contributed by atoms with Crippen molar-refractivity contribution in [1.82, 2.24) is 10.6 Å². The topological polar surface area (TPSA) is 61.4 Å². The largest absolute Gasteiger partial charge is 0.391 e. The van der Waals surface area contributed by atoms with E-state index in [1.54, 1.807) is 0 Å². The highest BCUT2D eigenvalue weighted by molar-refractivity contribution is 5.85. The first kappa shape index (κ1) is 9.77. The van der Waals surface area contributed by atoms with E-state index in [0.29, 0.717) is 13.0 Å². The summed E-state index contributed by atoms with van der Waals surface area (Å²) in [4.78, 5) is 11.3. The molecule has 2 aliphatic heterocycles. The van der Waals surface area contributed by atoms with Gasteiger partial charge in [0.15, 0.2) is 0 Å². The monoisotopic (exact) mass is 192 g/mol. The van der Waals surface area contributed by atoms with Crippen LogP contribution in [0.2, 0.25) is 0 Å². The van der Waals surface area contributed by atoms with Gasteiger partial charge in [-0.3, -0.25) is 4.79 Å². The van der Waals surface area contributed by atoms with Crippen LogP contribution >= 0.6 is 12.4 Å². The third-order valence-electron chi connectivity index (χ3n) is 2.53. The summed E-state index contributed by atoms with van der Waals surface area (Å²) < 4.78 is 0. The maximum atomic E-state index is 11.3. The molecule has 0 aromatic heterocycles. The van der Waals surface area contributed by atoms with E-state index in [1.165, 1.54) is 0 Å². The predicted molar refractivity (Wildman–Crippen MR) is 46.2 cm³/mol. The molecule has 1 atom stereocenters. The fourth-order valence-electron chi connectivity index (χ4n) is 1.75. The molecule has 0 saturated carbocycles. The number of piperidine rings is 1. The highest BCUT2D eigenvalue weighted by Gasteiger charge is 2.47. The van der Waals surface area contributed by atoms with E-state index in [9.17, 15) is 9.90 Å². The van der Waals surface area contributed by atoms with Crippen LogP contribution in [0.25, 0.3) is 0 Å². The summed E-state index contributed by atoms with van der Waals surface area (Å²) in [7, 11) is 0. The van der Waals surface area contributed by atoms with Gasteiger partial charge in [0.1, 0.15) is 0 Å². The van der Waals surface area contributed by atoms with Crippen LogP contribution in [0.5, 0.6) is 0 Å². The molecule has 2 saturated heterocycles. The number of carbonyl (C=O) groups excluding carboxylic acids is 1. The van der Waals surface area contributed by atoms with Crippen LogP contribution in [0.3, 0.4) is 0 Å². The molecule has 0 aromatic rings. The summed E-state index contributed by atoms with van der Waals surface area (Å²) in [5.41, 5.74) is -0.280. The van der Waals surface area contributed by atoms with Gasteiger partial charge in [0.05, 0.1) is 11.5 Å². The van der Waals surface area contributed by atoms with Gasteiger partial charge < -0.3 is 15.7 Å². The van der Waals surface area contributed by atoms with Gasteiger partial charge in [0.2, 0.25) is 5.91 Å². The second-order valence-corrected chi connectivity index (χ2v) is 3.45. The molecule has 2 fully saturated rings. The number of hydrogen-bond acceptors (Lipinski definition) is 3. The lowest BCUT2D eigenvalue weighted by Gasteiger charge is -2.45. The molecule has 2 aliphatic rings. The lowest BCUT2D eigenvalue weighted by atomic mass is 9.74. The number of amides is 1. The summed E-state index contributed by atoms with van der Waals surface area (Å²) in [6.07, 6.45) is 0.265. The molecule has 0 bridgehead atoms. The Morgan fingerprint density at radius 3 is 2.58 bits per heavy atom. The van der Waals surface area contributed by atoms with Crippen LogP contribution in [0.4, 0.5) is 0 Å². The van der Waals surface area contributed by atoms with Gasteiger partial charge in [-0.05, 0) is 6.42 Å². The number of hydrogen-bond donors (Lipinski definition) is 3. The summed E-state index contributed by atoms with van der Waals surface area (Å²) in [5, 5.41) is 15.0. The summed E-state index contributed by atoms with van der Waals surface area (Å²) in [5.74, 6) is 0.0987. The van der Waals surface area contributed by atoms with Crippen molar-refractivity contribution in [2.75, 3.05) is 19.6 Å². The third-order valence-corrected chi connectivity index (χ3v) is 2.53. The Morgan fingerprint density at radius 1 is 1.50 bits per heavy atom. The van der Waals surface area contributed by atoms with Gasteiger partial charge in [0, 0.05) is 19.6 Å². The minimum Gasteiger partial charge on any atom is -0.391 e. The van der Waals surface area contributed by atoms with Crippen LogP contribution < -0.4 is 10.6 Å². The molecular formula is C7H13ClN2O2. The number of aliphatic hydroxyl groups excluding tert-OH is 1. The van der Waals surface area contributed by atoms with Crippen molar-refractivity contribution in [2.45, 2.75) is 12.5 Å². The van der Waals surface area contributed by atoms with E-state index < -0.39 is 0 Å². The van der Waals surface area contributed by atoms with Crippen LogP contribution in [0.1, 0.15) is 6.42 Å². The van der Waals surface area contributed by atoms with Crippen molar-refractivity contribution < 1.29 is 9.90 Å². The zero-order valence-corrected chi connectivity index (χ0v) is 7.49. The molecular weight excluding hydrogens is 180 g/mol. The predicted octanol–water partition coefficient (Wildman–Crippen LogP) is -1.12. The van der Waals surface area contributed by atoms with Gasteiger partial charge in [0.25, 0.3) is 0 Å². The molecule has 1 spiro atoms. The Balaban J connectivity index is 0.000000720. The van der Waals surface area contributed by atoms with Crippen LogP contribution in [0.15, 0.2) is 0 Å². The number of rotatable bonds is 0. The van der Waals surface area contributed by atoms with Crippen molar-refractivity contribution >= 4 is 18.3 Å². The minimum absolute atomic E-state index is 0. The van der Waals surface area contributed by atoms with Crippen molar-refractivity contribution in [3.8, 4) is 0 Å². The second-order valence-electron chi connectivity index (χ2n) is 3.45. The lowest BCUT2D eigenvalue weighted by Crippen LogP contribution is -2.66. The molecule has 1 amide bonds.